The van der Waals surface area contributed by atoms with E-state index in [9.17, 15) is 4.79 Å². The highest BCUT2D eigenvalue weighted by Gasteiger charge is 2.07. The predicted octanol–water partition coefficient (Wildman–Crippen LogP) is 2.45. The second kappa shape index (κ2) is 7.93. The minimum atomic E-state index is -0.971. The summed E-state index contributed by atoms with van der Waals surface area (Å²) in [7, 11) is 1.55. The van der Waals surface area contributed by atoms with Gasteiger partial charge in [0.05, 0.1) is 18.9 Å². The van der Waals surface area contributed by atoms with Crippen molar-refractivity contribution < 1.29 is 19.4 Å². The van der Waals surface area contributed by atoms with Crippen LogP contribution < -0.4 is 9.47 Å². The summed E-state index contributed by atoms with van der Waals surface area (Å²) in [6, 6.07) is 12.0. The van der Waals surface area contributed by atoms with E-state index in [1.807, 2.05) is 6.07 Å². The maximum atomic E-state index is 11.0. The van der Waals surface area contributed by atoms with Crippen molar-refractivity contribution in [3.8, 4) is 11.5 Å². The van der Waals surface area contributed by atoms with Gasteiger partial charge in [0.25, 0.3) is 0 Å². The fourth-order valence-electron chi connectivity index (χ4n) is 2.23. The predicted molar refractivity (Wildman–Crippen MR) is 93.7 cm³/mol. The number of rotatable bonds is 7. The molecule has 0 amide bonds. The summed E-state index contributed by atoms with van der Waals surface area (Å²) in [5.74, 6) is 0.128. The lowest BCUT2D eigenvalue weighted by atomic mass is 10.1. The number of methoxy groups -OCH3 is 1. The van der Waals surface area contributed by atoms with Crippen molar-refractivity contribution in [3.05, 3.63) is 71.8 Å². The number of hydrogen-bond donors (Lipinski definition) is 1. The van der Waals surface area contributed by atoms with E-state index >= 15 is 0 Å². The van der Waals surface area contributed by atoms with Gasteiger partial charge in [-0.1, -0.05) is 12.1 Å². The normalized spacial score (nSPS) is 10.8. The van der Waals surface area contributed by atoms with Gasteiger partial charge in [0.15, 0.2) is 11.5 Å². The van der Waals surface area contributed by atoms with Gasteiger partial charge in [0.1, 0.15) is 19.3 Å². The summed E-state index contributed by atoms with van der Waals surface area (Å²) in [5, 5.41) is 20.6. The second-order valence-corrected chi connectivity index (χ2v) is 5.29. The molecule has 1 heterocycles. The third-order valence-corrected chi connectivity index (χ3v) is 3.50. The maximum absolute atomic E-state index is 11.0. The molecule has 8 nitrogen and oxygen atoms in total. The molecule has 0 aliphatic heterocycles. The van der Waals surface area contributed by atoms with Crippen LogP contribution in [0, 0.1) is 0 Å². The standard InChI is InChI=1S/C18H16N4O4/c1-25-17-8-13(9-21-22-11-19-20-12-22)5-6-16(17)26-10-14-3-2-4-15(7-14)18(23)24/h2-9,11-12H,10H2,1H3,(H,23,24). The molecule has 0 spiro atoms. The lowest BCUT2D eigenvalue weighted by molar-refractivity contribution is 0.0696. The molecule has 0 saturated carbocycles. The summed E-state index contributed by atoms with van der Waals surface area (Å²) >= 11 is 0. The molecule has 0 saturated heterocycles. The molecule has 0 bridgehead atoms. The quantitative estimate of drug-likeness (QED) is 0.656. The number of aromatic nitrogens is 3. The van der Waals surface area contributed by atoms with E-state index in [0.717, 1.165) is 11.1 Å². The number of carboxylic acid groups (broad SMARTS) is 1. The van der Waals surface area contributed by atoms with E-state index in [1.165, 1.54) is 23.4 Å². The van der Waals surface area contributed by atoms with Crippen molar-refractivity contribution in [1.82, 2.24) is 14.9 Å². The van der Waals surface area contributed by atoms with Gasteiger partial charge in [-0.05, 0) is 41.5 Å². The molecule has 0 fully saturated rings. The van der Waals surface area contributed by atoms with E-state index < -0.39 is 5.97 Å². The van der Waals surface area contributed by atoms with Crippen LogP contribution in [-0.4, -0.2) is 39.3 Å². The largest absolute Gasteiger partial charge is 0.493 e. The fraction of sp³-hybridized carbons (Fsp3) is 0.111. The maximum Gasteiger partial charge on any atom is 0.335 e. The van der Waals surface area contributed by atoms with Crippen LogP contribution in [-0.2, 0) is 6.61 Å². The van der Waals surface area contributed by atoms with Gasteiger partial charge in [-0.25, -0.2) is 9.47 Å². The first-order valence-electron chi connectivity index (χ1n) is 7.68. The number of benzene rings is 2. The first-order valence-corrected chi connectivity index (χ1v) is 7.68. The molecule has 26 heavy (non-hydrogen) atoms. The van der Waals surface area contributed by atoms with Gasteiger partial charge >= 0.3 is 5.97 Å². The molecule has 0 atom stereocenters. The highest BCUT2D eigenvalue weighted by Crippen LogP contribution is 2.28. The summed E-state index contributed by atoms with van der Waals surface area (Å²) in [6.07, 6.45) is 4.61. The Morgan fingerprint density at radius 3 is 2.73 bits per heavy atom. The minimum absolute atomic E-state index is 0.221. The number of carboxylic acids is 1. The molecular formula is C18H16N4O4. The van der Waals surface area contributed by atoms with Crippen LogP contribution in [0.25, 0.3) is 0 Å². The van der Waals surface area contributed by atoms with Gasteiger partial charge in [-0.15, -0.1) is 10.2 Å². The van der Waals surface area contributed by atoms with Gasteiger partial charge in [0.2, 0.25) is 0 Å². The van der Waals surface area contributed by atoms with Gasteiger partial charge in [-0.2, -0.15) is 5.10 Å². The van der Waals surface area contributed by atoms with Crippen LogP contribution in [0.5, 0.6) is 11.5 Å². The molecular weight excluding hydrogens is 336 g/mol. The zero-order valence-corrected chi connectivity index (χ0v) is 13.9. The molecule has 0 aliphatic carbocycles. The van der Waals surface area contributed by atoms with Crippen molar-refractivity contribution in [2.75, 3.05) is 7.11 Å². The minimum Gasteiger partial charge on any atom is -0.493 e. The molecule has 1 aromatic heterocycles. The van der Waals surface area contributed by atoms with Crippen molar-refractivity contribution in [3.63, 3.8) is 0 Å². The van der Waals surface area contributed by atoms with Crippen molar-refractivity contribution >= 4 is 12.2 Å². The zero-order valence-electron chi connectivity index (χ0n) is 13.9. The number of carbonyl (C=O) groups is 1. The van der Waals surface area contributed by atoms with Crippen LogP contribution >= 0.6 is 0 Å². The second-order valence-electron chi connectivity index (χ2n) is 5.29. The molecule has 0 radical (unpaired) electrons. The van der Waals surface area contributed by atoms with Gasteiger partial charge < -0.3 is 14.6 Å². The highest BCUT2D eigenvalue weighted by atomic mass is 16.5. The smallest absolute Gasteiger partial charge is 0.335 e. The SMILES string of the molecule is COc1cc(C=Nn2cnnc2)ccc1OCc1cccc(C(=O)O)c1. The Bertz CT molecular complexity index is 923. The van der Waals surface area contributed by atoms with E-state index in [2.05, 4.69) is 15.3 Å². The topological polar surface area (TPSA) is 98.8 Å². The van der Waals surface area contributed by atoms with E-state index in [1.54, 1.807) is 43.7 Å². The lowest BCUT2D eigenvalue weighted by Crippen LogP contribution is -2.01. The van der Waals surface area contributed by atoms with Crippen LogP contribution in [0.2, 0.25) is 0 Å². The first-order chi connectivity index (χ1) is 12.7. The molecule has 0 unspecified atom stereocenters. The average molecular weight is 352 g/mol. The monoisotopic (exact) mass is 352 g/mol. The Morgan fingerprint density at radius 2 is 2.00 bits per heavy atom. The van der Waals surface area contributed by atoms with Crippen LogP contribution in [0.4, 0.5) is 0 Å². The Kier molecular flexibility index (Phi) is 5.23. The number of ether oxygens (including phenoxy) is 2. The number of aromatic carboxylic acids is 1. The van der Waals surface area contributed by atoms with Crippen LogP contribution in [0.1, 0.15) is 21.5 Å². The Hall–Kier alpha value is -3.68. The number of hydrogen-bond acceptors (Lipinski definition) is 6. The van der Waals surface area contributed by atoms with E-state index in [0.29, 0.717) is 11.5 Å². The molecule has 132 valence electrons. The zero-order chi connectivity index (χ0) is 18.4. The molecule has 8 heteroatoms. The molecule has 2 aromatic carbocycles. The Balaban J connectivity index is 1.72. The first kappa shape index (κ1) is 17.2. The molecule has 3 aromatic rings. The molecule has 1 N–H and O–H groups in total. The molecule has 3 rings (SSSR count). The van der Waals surface area contributed by atoms with Crippen molar-refractivity contribution in [2.45, 2.75) is 6.61 Å². The Morgan fingerprint density at radius 1 is 1.19 bits per heavy atom. The summed E-state index contributed by atoms with van der Waals surface area (Å²) in [6.45, 7) is 0.228. The van der Waals surface area contributed by atoms with Crippen molar-refractivity contribution in [2.24, 2.45) is 5.10 Å². The van der Waals surface area contributed by atoms with Crippen molar-refractivity contribution in [1.29, 1.82) is 0 Å². The Labute approximate surface area is 149 Å². The van der Waals surface area contributed by atoms with E-state index in [-0.39, 0.29) is 12.2 Å². The van der Waals surface area contributed by atoms with E-state index in [4.69, 9.17) is 14.6 Å². The fourth-order valence-corrected chi connectivity index (χ4v) is 2.23. The number of nitrogens with zero attached hydrogens (tertiary/aromatic N) is 4. The molecule has 0 aliphatic rings. The lowest BCUT2D eigenvalue weighted by Gasteiger charge is -2.11. The highest BCUT2D eigenvalue weighted by molar-refractivity contribution is 5.87. The summed E-state index contributed by atoms with van der Waals surface area (Å²) < 4.78 is 12.6. The summed E-state index contributed by atoms with van der Waals surface area (Å²) in [5.41, 5.74) is 1.79. The third kappa shape index (κ3) is 4.23. The van der Waals surface area contributed by atoms with Crippen LogP contribution in [0.15, 0.2) is 60.2 Å². The third-order valence-electron chi connectivity index (χ3n) is 3.50. The van der Waals surface area contributed by atoms with Gasteiger partial charge in [0, 0.05) is 0 Å². The average Bonchev–Trinajstić information content (AvgIpc) is 3.18. The van der Waals surface area contributed by atoms with Gasteiger partial charge in [-0.3, -0.25) is 0 Å². The summed E-state index contributed by atoms with van der Waals surface area (Å²) in [4.78, 5) is 11.0. The van der Waals surface area contributed by atoms with Crippen LogP contribution in [0.3, 0.4) is 0 Å².